The lowest BCUT2D eigenvalue weighted by molar-refractivity contribution is 0.218. The molecule has 0 saturated carbocycles. The summed E-state index contributed by atoms with van der Waals surface area (Å²) in [4.78, 5) is 4.99. The van der Waals surface area contributed by atoms with Crippen LogP contribution in [0, 0.1) is 5.92 Å². The topological polar surface area (TPSA) is 18.5 Å². The molecule has 0 amide bonds. The lowest BCUT2D eigenvalue weighted by Gasteiger charge is -2.26. The van der Waals surface area contributed by atoms with Crippen molar-refractivity contribution in [3.63, 3.8) is 0 Å². The first-order chi connectivity index (χ1) is 8.99. The van der Waals surface area contributed by atoms with Crippen LogP contribution < -0.4 is 5.32 Å². The fourth-order valence-electron chi connectivity index (χ4n) is 2.85. The number of nitrogens with one attached hydrogen (secondary N) is 1. The summed E-state index contributed by atoms with van der Waals surface area (Å²) < 4.78 is 0. The first-order valence-electron chi connectivity index (χ1n) is 8.11. The van der Waals surface area contributed by atoms with Crippen molar-refractivity contribution in [1.29, 1.82) is 0 Å². The number of hydrogen-bond donors (Lipinski definition) is 1. The van der Waals surface area contributed by atoms with E-state index in [9.17, 15) is 0 Å². The Morgan fingerprint density at radius 2 is 2.00 bits per heavy atom. The number of likely N-dealkylation sites (N-methyl/N-ethyl adjacent to an activating group) is 2. The Morgan fingerprint density at radius 3 is 2.58 bits per heavy atom. The highest BCUT2D eigenvalue weighted by Gasteiger charge is 2.21. The van der Waals surface area contributed by atoms with E-state index < -0.39 is 0 Å². The average molecular weight is 269 g/mol. The van der Waals surface area contributed by atoms with Crippen LogP contribution in [0.25, 0.3) is 0 Å². The van der Waals surface area contributed by atoms with Crippen LogP contribution in [-0.4, -0.2) is 62.2 Å². The predicted octanol–water partition coefficient (Wildman–Crippen LogP) is 2.43. The van der Waals surface area contributed by atoms with E-state index in [-0.39, 0.29) is 0 Å². The zero-order chi connectivity index (χ0) is 14.3. The zero-order valence-electron chi connectivity index (χ0n) is 13.8. The summed E-state index contributed by atoms with van der Waals surface area (Å²) in [6, 6.07) is 1.44. The molecule has 2 unspecified atom stereocenters. The molecule has 0 bridgehead atoms. The second kappa shape index (κ2) is 8.93. The SMILES string of the molecule is CC(C)CCC(C)NCCN(C)CC1CCCN1C. The van der Waals surface area contributed by atoms with Crippen molar-refractivity contribution in [2.24, 2.45) is 5.92 Å². The summed E-state index contributed by atoms with van der Waals surface area (Å²) in [6.45, 7) is 11.7. The second-order valence-electron chi connectivity index (χ2n) is 6.87. The van der Waals surface area contributed by atoms with Crippen molar-refractivity contribution >= 4 is 0 Å². The highest BCUT2D eigenvalue weighted by atomic mass is 15.2. The van der Waals surface area contributed by atoms with Gasteiger partial charge in [0.1, 0.15) is 0 Å². The molecular formula is C16H35N3. The Balaban J connectivity index is 2.04. The van der Waals surface area contributed by atoms with Gasteiger partial charge in [-0.15, -0.1) is 0 Å². The maximum absolute atomic E-state index is 3.65. The van der Waals surface area contributed by atoms with Gasteiger partial charge < -0.3 is 15.1 Å². The van der Waals surface area contributed by atoms with Crippen molar-refractivity contribution in [3.8, 4) is 0 Å². The van der Waals surface area contributed by atoms with E-state index in [0.717, 1.165) is 25.0 Å². The summed E-state index contributed by atoms with van der Waals surface area (Å²) in [5.74, 6) is 0.824. The molecule has 1 aliphatic heterocycles. The molecule has 1 rings (SSSR count). The van der Waals surface area contributed by atoms with Crippen LogP contribution in [0.3, 0.4) is 0 Å². The number of nitrogens with zero attached hydrogens (tertiary/aromatic N) is 2. The van der Waals surface area contributed by atoms with Gasteiger partial charge in [0.25, 0.3) is 0 Å². The minimum Gasteiger partial charge on any atom is -0.313 e. The van der Waals surface area contributed by atoms with E-state index in [4.69, 9.17) is 0 Å². The molecule has 0 aromatic rings. The highest BCUT2D eigenvalue weighted by Crippen LogP contribution is 2.15. The Hall–Kier alpha value is -0.120. The summed E-state index contributed by atoms with van der Waals surface area (Å²) in [5.41, 5.74) is 0. The van der Waals surface area contributed by atoms with Gasteiger partial charge in [0.05, 0.1) is 0 Å². The van der Waals surface area contributed by atoms with Gasteiger partial charge in [-0.25, -0.2) is 0 Å². The van der Waals surface area contributed by atoms with E-state index in [2.05, 4.69) is 50.0 Å². The monoisotopic (exact) mass is 269 g/mol. The molecule has 1 saturated heterocycles. The van der Waals surface area contributed by atoms with Crippen LogP contribution in [0.5, 0.6) is 0 Å². The molecular weight excluding hydrogens is 234 g/mol. The quantitative estimate of drug-likeness (QED) is 0.693. The molecule has 0 aromatic heterocycles. The van der Waals surface area contributed by atoms with E-state index in [0.29, 0.717) is 6.04 Å². The molecule has 114 valence electrons. The fraction of sp³-hybridized carbons (Fsp3) is 1.00. The van der Waals surface area contributed by atoms with Crippen molar-refractivity contribution in [2.45, 2.75) is 58.5 Å². The van der Waals surface area contributed by atoms with Gasteiger partial charge in [0, 0.05) is 31.7 Å². The average Bonchev–Trinajstić information content (AvgIpc) is 2.72. The van der Waals surface area contributed by atoms with Gasteiger partial charge in [-0.3, -0.25) is 0 Å². The Morgan fingerprint density at radius 1 is 1.26 bits per heavy atom. The third-order valence-electron chi connectivity index (χ3n) is 4.36. The minimum atomic E-state index is 0.657. The van der Waals surface area contributed by atoms with Crippen molar-refractivity contribution in [2.75, 3.05) is 40.3 Å². The lowest BCUT2D eigenvalue weighted by Crippen LogP contribution is -2.40. The largest absolute Gasteiger partial charge is 0.313 e. The summed E-state index contributed by atoms with van der Waals surface area (Å²) in [6.07, 6.45) is 5.38. The zero-order valence-corrected chi connectivity index (χ0v) is 13.8. The van der Waals surface area contributed by atoms with E-state index in [1.165, 1.54) is 38.8 Å². The third-order valence-corrected chi connectivity index (χ3v) is 4.36. The molecule has 3 nitrogen and oxygen atoms in total. The minimum absolute atomic E-state index is 0.657. The molecule has 0 aliphatic carbocycles. The molecule has 19 heavy (non-hydrogen) atoms. The third kappa shape index (κ3) is 7.28. The van der Waals surface area contributed by atoms with E-state index in [1.807, 2.05) is 0 Å². The molecule has 1 aliphatic rings. The smallest absolute Gasteiger partial charge is 0.0220 e. The molecule has 0 aromatic carbocycles. The van der Waals surface area contributed by atoms with Gasteiger partial charge in [-0.2, -0.15) is 0 Å². The van der Waals surface area contributed by atoms with Crippen LogP contribution in [0.2, 0.25) is 0 Å². The second-order valence-corrected chi connectivity index (χ2v) is 6.87. The fourth-order valence-corrected chi connectivity index (χ4v) is 2.85. The number of likely N-dealkylation sites (tertiary alicyclic amines) is 1. The molecule has 1 heterocycles. The van der Waals surface area contributed by atoms with Crippen LogP contribution in [0.1, 0.15) is 46.5 Å². The molecule has 0 radical (unpaired) electrons. The van der Waals surface area contributed by atoms with Crippen molar-refractivity contribution < 1.29 is 0 Å². The maximum atomic E-state index is 3.65. The Labute approximate surface area is 120 Å². The summed E-state index contributed by atoms with van der Waals surface area (Å²) in [7, 11) is 4.52. The first-order valence-corrected chi connectivity index (χ1v) is 8.11. The van der Waals surface area contributed by atoms with Gasteiger partial charge in [-0.1, -0.05) is 13.8 Å². The highest BCUT2D eigenvalue weighted by molar-refractivity contribution is 4.79. The van der Waals surface area contributed by atoms with Crippen LogP contribution >= 0.6 is 0 Å². The van der Waals surface area contributed by atoms with Crippen molar-refractivity contribution in [1.82, 2.24) is 15.1 Å². The van der Waals surface area contributed by atoms with Gasteiger partial charge >= 0.3 is 0 Å². The molecule has 3 heteroatoms. The normalized spacial score (nSPS) is 22.6. The maximum Gasteiger partial charge on any atom is 0.0220 e. The molecule has 0 spiro atoms. The van der Waals surface area contributed by atoms with Crippen LogP contribution in [0.15, 0.2) is 0 Å². The standard InChI is InChI=1S/C16H35N3/c1-14(2)8-9-15(3)17-10-12-18(4)13-16-7-6-11-19(16)5/h14-17H,6-13H2,1-5H3. The van der Waals surface area contributed by atoms with Crippen LogP contribution in [-0.2, 0) is 0 Å². The lowest BCUT2D eigenvalue weighted by atomic mass is 10.0. The van der Waals surface area contributed by atoms with Gasteiger partial charge in [-0.05, 0) is 59.2 Å². The van der Waals surface area contributed by atoms with Crippen LogP contribution in [0.4, 0.5) is 0 Å². The predicted molar refractivity (Wildman–Crippen MR) is 84.7 cm³/mol. The Kier molecular flexibility index (Phi) is 7.96. The molecule has 1 fully saturated rings. The Bertz CT molecular complexity index is 230. The number of rotatable bonds is 9. The van der Waals surface area contributed by atoms with Gasteiger partial charge in [0.2, 0.25) is 0 Å². The molecule has 1 N–H and O–H groups in total. The number of hydrogen-bond acceptors (Lipinski definition) is 3. The van der Waals surface area contributed by atoms with E-state index >= 15 is 0 Å². The summed E-state index contributed by atoms with van der Waals surface area (Å²) in [5, 5.41) is 3.65. The first kappa shape index (κ1) is 16.9. The molecule has 2 atom stereocenters. The van der Waals surface area contributed by atoms with Crippen molar-refractivity contribution in [3.05, 3.63) is 0 Å². The van der Waals surface area contributed by atoms with Gasteiger partial charge in [0.15, 0.2) is 0 Å². The van der Waals surface area contributed by atoms with E-state index in [1.54, 1.807) is 0 Å². The summed E-state index contributed by atoms with van der Waals surface area (Å²) >= 11 is 0.